The minimum atomic E-state index is -0.310. The summed E-state index contributed by atoms with van der Waals surface area (Å²) in [7, 11) is 1.89. The third kappa shape index (κ3) is 6.76. The number of nitrogens with two attached hydrogens (primary N) is 1. The van der Waals surface area contributed by atoms with Crippen molar-refractivity contribution < 1.29 is 9.59 Å². The predicted molar refractivity (Wildman–Crippen MR) is 84.0 cm³/mol. The molecule has 0 aliphatic heterocycles. The molecule has 5 N–H and O–H groups in total. The number of hydrogen-bond donors (Lipinski definition) is 4. The molecule has 0 spiro atoms. The molecule has 1 aromatic carbocycles. The van der Waals surface area contributed by atoms with Crippen LogP contribution in [0.3, 0.4) is 0 Å². The van der Waals surface area contributed by atoms with Gasteiger partial charge in [-0.2, -0.15) is 0 Å². The predicted octanol–water partition coefficient (Wildman–Crippen LogP) is 1.74. The molecule has 21 heavy (non-hydrogen) atoms. The molecule has 116 valence electrons. The number of hydrogen-bond acceptors (Lipinski definition) is 3. The molecule has 0 saturated heterocycles. The van der Waals surface area contributed by atoms with E-state index in [0.717, 1.165) is 17.7 Å². The number of anilines is 1. The average Bonchev–Trinajstić information content (AvgIpc) is 2.46. The van der Waals surface area contributed by atoms with Crippen LogP contribution < -0.4 is 21.7 Å². The van der Waals surface area contributed by atoms with E-state index in [-0.39, 0.29) is 18.0 Å². The molecule has 0 aliphatic rings. The highest BCUT2D eigenvalue weighted by Gasteiger charge is 2.05. The summed E-state index contributed by atoms with van der Waals surface area (Å²) in [5.41, 5.74) is 6.90. The number of nitrogens with one attached hydrogen (secondary N) is 3. The molecule has 0 saturated carbocycles. The van der Waals surface area contributed by atoms with Gasteiger partial charge in [-0.25, -0.2) is 4.79 Å². The summed E-state index contributed by atoms with van der Waals surface area (Å²) in [5, 5.41) is 8.69. The first-order chi connectivity index (χ1) is 10.0. The minimum absolute atomic E-state index is 0.226. The topological polar surface area (TPSA) is 96.2 Å². The van der Waals surface area contributed by atoms with E-state index in [2.05, 4.69) is 22.9 Å². The van der Waals surface area contributed by atoms with Crippen LogP contribution in [0.15, 0.2) is 24.3 Å². The van der Waals surface area contributed by atoms with E-state index in [1.54, 1.807) is 0 Å². The average molecular weight is 292 g/mol. The molecule has 6 nitrogen and oxygen atoms in total. The Bertz CT molecular complexity index is 476. The van der Waals surface area contributed by atoms with Crippen molar-refractivity contribution >= 4 is 17.6 Å². The van der Waals surface area contributed by atoms with Gasteiger partial charge in [-0.05, 0) is 44.5 Å². The SMILES string of the molecule is CNC(C)c1cccc(NC(=O)NCCCCC(N)=O)c1. The zero-order valence-corrected chi connectivity index (χ0v) is 12.6. The number of primary amides is 1. The van der Waals surface area contributed by atoms with Gasteiger partial charge in [-0.1, -0.05) is 12.1 Å². The van der Waals surface area contributed by atoms with Gasteiger partial charge in [-0.15, -0.1) is 0 Å². The molecule has 0 bridgehead atoms. The van der Waals surface area contributed by atoms with Crippen molar-refractivity contribution in [1.29, 1.82) is 0 Å². The lowest BCUT2D eigenvalue weighted by Gasteiger charge is -2.13. The van der Waals surface area contributed by atoms with E-state index < -0.39 is 0 Å². The van der Waals surface area contributed by atoms with Gasteiger partial charge in [-0.3, -0.25) is 4.79 Å². The summed E-state index contributed by atoms with van der Waals surface area (Å²) in [4.78, 5) is 22.3. The molecule has 0 heterocycles. The molecule has 0 fully saturated rings. The van der Waals surface area contributed by atoms with E-state index in [9.17, 15) is 9.59 Å². The maximum absolute atomic E-state index is 11.7. The number of benzene rings is 1. The molecular weight excluding hydrogens is 268 g/mol. The quantitative estimate of drug-likeness (QED) is 0.549. The van der Waals surface area contributed by atoms with Crippen molar-refractivity contribution in [3.63, 3.8) is 0 Å². The van der Waals surface area contributed by atoms with Gasteiger partial charge in [0.05, 0.1) is 0 Å². The summed E-state index contributed by atoms with van der Waals surface area (Å²) in [6.45, 7) is 2.57. The van der Waals surface area contributed by atoms with Crippen LogP contribution in [0.1, 0.15) is 37.8 Å². The van der Waals surface area contributed by atoms with Crippen LogP contribution in [-0.4, -0.2) is 25.5 Å². The fourth-order valence-corrected chi connectivity index (χ4v) is 1.85. The summed E-state index contributed by atoms with van der Waals surface area (Å²) in [5.74, 6) is -0.310. The van der Waals surface area contributed by atoms with Crippen molar-refractivity contribution in [3.8, 4) is 0 Å². The molecule has 1 rings (SSSR count). The Labute approximate surface area is 125 Å². The first kappa shape index (κ1) is 17.0. The minimum Gasteiger partial charge on any atom is -0.370 e. The number of unbranched alkanes of at least 4 members (excludes halogenated alkanes) is 1. The Morgan fingerprint density at radius 2 is 2.05 bits per heavy atom. The van der Waals surface area contributed by atoms with Gasteiger partial charge in [0.25, 0.3) is 0 Å². The summed E-state index contributed by atoms with van der Waals surface area (Å²) in [6.07, 6.45) is 1.77. The maximum atomic E-state index is 11.7. The van der Waals surface area contributed by atoms with Gasteiger partial charge in [0.2, 0.25) is 5.91 Å². The van der Waals surface area contributed by atoms with Crippen LogP contribution in [-0.2, 0) is 4.79 Å². The lowest BCUT2D eigenvalue weighted by molar-refractivity contribution is -0.118. The van der Waals surface area contributed by atoms with Crippen LogP contribution in [0.5, 0.6) is 0 Å². The van der Waals surface area contributed by atoms with Crippen LogP contribution in [0.25, 0.3) is 0 Å². The van der Waals surface area contributed by atoms with Crippen molar-refractivity contribution in [3.05, 3.63) is 29.8 Å². The monoisotopic (exact) mass is 292 g/mol. The zero-order chi connectivity index (χ0) is 15.7. The number of urea groups is 1. The summed E-state index contributed by atoms with van der Waals surface area (Å²) in [6, 6.07) is 7.68. The number of amides is 3. The van der Waals surface area contributed by atoms with Crippen LogP contribution in [0.4, 0.5) is 10.5 Å². The van der Waals surface area contributed by atoms with Gasteiger partial charge in [0.1, 0.15) is 0 Å². The molecular formula is C15H24N4O2. The number of rotatable bonds is 8. The van der Waals surface area contributed by atoms with Crippen molar-refractivity contribution in [2.45, 2.75) is 32.2 Å². The standard InChI is InChI=1S/C15H24N4O2/c1-11(17-2)12-6-5-7-13(10-12)19-15(21)18-9-4-3-8-14(16)20/h5-7,10-11,17H,3-4,8-9H2,1-2H3,(H2,16,20)(H2,18,19,21). The Hall–Kier alpha value is -2.08. The summed E-state index contributed by atoms with van der Waals surface area (Å²) >= 11 is 0. The van der Waals surface area contributed by atoms with E-state index in [1.807, 2.05) is 31.3 Å². The van der Waals surface area contributed by atoms with Crippen molar-refractivity contribution in [1.82, 2.24) is 10.6 Å². The first-order valence-corrected chi connectivity index (χ1v) is 7.13. The lowest BCUT2D eigenvalue weighted by Crippen LogP contribution is -2.29. The summed E-state index contributed by atoms with van der Waals surface area (Å²) < 4.78 is 0. The fourth-order valence-electron chi connectivity index (χ4n) is 1.85. The second kappa shape index (κ2) is 8.97. The highest BCUT2D eigenvalue weighted by atomic mass is 16.2. The van der Waals surface area contributed by atoms with E-state index in [4.69, 9.17) is 5.73 Å². The third-order valence-electron chi connectivity index (χ3n) is 3.21. The van der Waals surface area contributed by atoms with Gasteiger partial charge >= 0.3 is 6.03 Å². The first-order valence-electron chi connectivity index (χ1n) is 7.13. The number of carbonyl (C=O) groups is 2. The maximum Gasteiger partial charge on any atom is 0.319 e. The molecule has 3 amide bonds. The smallest absolute Gasteiger partial charge is 0.319 e. The number of carbonyl (C=O) groups excluding carboxylic acids is 2. The van der Waals surface area contributed by atoms with Crippen LogP contribution >= 0.6 is 0 Å². The van der Waals surface area contributed by atoms with Gasteiger partial charge in [0.15, 0.2) is 0 Å². The van der Waals surface area contributed by atoms with E-state index in [1.165, 1.54) is 0 Å². The Kier molecular flexibility index (Phi) is 7.25. The molecule has 1 atom stereocenters. The molecule has 0 aromatic heterocycles. The largest absolute Gasteiger partial charge is 0.370 e. The fraction of sp³-hybridized carbons (Fsp3) is 0.467. The van der Waals surface area contributed by atoms with Gasteiger partial charge in [0, 0.05) is 24.7 Å². The van der Waals surface area contributed by atoms with Crippen LogP contribution in [0.2, 0.25) is 0 Å². The highest BCUT2D eigenvalue weighted by Crippen LogP contribution is 2.16. The lowest BCUT2D eigenvalue weighted by atomic mass is 10.1. The zero-order valence-electron chi connectivity index (χ0n) is 12.6. The van der Waals surface area contributed by atoms with E-state index >= 15 is 0 Å². The third-order valence-corrected chi connectivity index (χ3v) is 3.21. The Morgan fingerprint density at radius 1 is 1.29 bits per heavy atom. The molecule has 0 aliphatic carbocycles. The normalized spacial score (nSPS) is 11.7. The Balaban J connectivity index is 2.35. The Morgan fingerprint density at radius 3 is 2.71 bits per heavy atom. The molecule has 1 aromatic rings. The molecule has 1 unspecified atom stereocenters. The molecule has 0 radical (unpaired) electrons. The van der Waals surface area contributed by atoms with Crippen LogP contribution in [0, 0.1) is 0 Å². The highest BCUT2D eigenvalue weighted by molar-refractivity contribution is 5.89. The second-order valence-electron chi connectivity index (χ2n) is 4.94. The second-order valence-corrected chi connectivity index (χ2v) is 4.94. The van der Waals surface area contributed by atoms with Crippen molar-refractivity contribution in [2.75, 3.05) is 18.9 Å². The van der Waals surface area contributed by atoms with Gasteiger partial charge < -0.3 is 21.7 Å². The van der Waals surface area contributed by atoms with E-state index in [0.29, 0.717) is 19.4 Å². The van der Waals surface area contributed by atoms with Crippen molar-refractivity contribution in [2.24, 2.45) is 5.73 Å². The molecule has 6 heteroatoms.